The fourth-order valence-corrected chi connectivity index (χ4v) is 4.40. The molecular formula is C19H27N3O2. The minimum Gasteiger partial charge on any atom is -0.378 e. The van der Waals surface area contributed by atoms with Gasteiger partial charge in [0.25, 0.3) is 0 Å². The van der Waals surface area contributed by atoms with Crippen molar-refractivity contribution < 1.29 is 9.53 Å². The van der Waals surface area contributed by atoms with E-state index in [1.54, 1.807) is 6.92 Å². The third-order valence-corrected chi connectivity index (χ3v) is 5.85. The zero-order chi connectivity index (χ0) is 16.8. The molecule has 5 heteroatoms. The van der Waals surface area contributed by atoms with Gasteiger partial charge in [0.1, 0.15) is 0 Å². The van der Waals surface area contributed by atoms with Gasteiger partial charge in [0.15, 0.2) is 0 Å². The van der Waals surface area contributed by atoms with E-state index in [4.69, 9.17) is 10.5 Å². The van der Waals surface area contributed by atoms with Crippen molar-refractivity contribution in [3.05, 3.63) is 23.8 Å². The topological polar surface area (TPSA) is 58.8 Å². The standard InChI is InChI=1S/C19H27N3O2/c1-12-18(20)16-11-15(21-7-9-24-10-8-21)5-6-17(16)22(13(2)23)19(12)14-3-4-14/h5-6,11-12,14,18-19H,3-4,7-10,20H2,1-2H3/t12-,18-,19?/m1/s1. The van der Waals surface area contributed by atoms with Crippen LogP contribution in [-0.2, 0) is 9.53 Å². The number of benzene rings is 1. The lowest BCUT2D eigenvalue weighted by atomic mass is 9.80. The number of carbonyl (C=O) groups excluding carboxylic acids is 1. The lowest BCUT2D eigenvalue weighted by Crippen LogP contribution is -2.51. The second-order valence-electron chi connectivity index (χ2n) is 7.44. The first-order valence-electron chi connectivity index (χ1n) is 9.10. The molecule has 0 aromatic heterocycles. The fraction of sp³-hybridized carbons (Fsp3) is 0.632. The van der Waals surface area contributed by atoms with Crippen LogP contribution in [0, 0.1) is 11.8 Å². The van der Waals surface area contributed by atoms with Crippen molar-refractivity contribution in [2.75, 3.05) is 36.1 Å². The molecule has 0 bridgehead atoms. The van der Waals surface area contributed by atoms with E-state index in [2.05, 4.69) is 30.0 Å². The maximum Gasteiger partial charge on any atom is 0.224 e. The summed E-state index contributed by atoms with van der Waals surface area (Å²) in [6, 6.07) is 6.66. The molecule has 1 aromatic carbocycles. The van der Waals surface area contributed by atoms with Crippen LogP contribution >= 0.6 is 0 Å². The van der Waals surface area contributed by atoms with Gasteiger partial charge in [0, 0.05) is 43.5 Å². The Morgan fingerprint density at radius 1 is 1.25 bits per heavy atom. The molecule has 3 atom stereocenters. The minimum absolute atomic E-state index is 0.0119. The lowest BCUT2D eigenvalue weighted by Gasteiger charge is -2.45. The number of rotatable bonds is 2. The summed E-state index contributed by atoms with van der Waals surface area (Å²) in [4.78, 5) is 16.8. The van der Waals surface area contributed by atoms with Crippen molar-refractivity contribution in [1.29, 1.82) is 0 Å². The van der Waals surface area contributed by atoms with E-state index in [1.807, 2.05) is 4.90 Å². The van der Waals surface area contributed by atoms with Crippen molar-refractivity contribution in [1.82, 2.24) is 0 Å². The van der Waals surface area contributed by atoms with Gasteiger partial charge in [-0.15, -0.1) is 0 Å². The third-order valence-electron chi connectivity index (χ3n) is 5.85. The first kappa shape index (κ1) is 15.9. The Kier molecular flexibility index (Phi) is 4.01. The zero-order valence-electron chi connectivity index (χ0n) is 14.6. The number of morpholine rings is 1. The van der Waals surface area contributed by atoms with Crippen LogP contribution in [-0.4, -0.2) is 38.3 Å². The molecule has 2 N–H and O–H groups in total. The Balaban J connectivity index is 1.73. The number of hydrogen-bond acceptors (Lipinski definition) is 4. The van der Waals surface area contributed by atoms with E-state index < -0.39 is 0 Å². The van der Waals surface area contributed by atoms with Crippen molar-refractivity contribution in [2.45, 2.75) is 38.8 Å². The van der Waals surface area contributed by atoms with Crippen molar-refractivity contribution in [2.24, 2.45) is 17.6 Å². The maximum absolute atomic E-state index is 12.4. The van der Waals surface area contributed by atoms with E-state index in [0.717, 1.165) is 37.6 Å². The summed E-state index contributed by atoms with van der Waals surface area (Å²) in [5, 5.41) is 0. The monoisotopic (exact) mass is 329 g/mol. The van der Waals surface area contributed by atoms with Gasteiger partial charge in [-0.05, 0) is 48.4 Å². The molecule has 2 aliphatic heterocycles. The summed E-state index contributed by atoms with van der Waals surface area (Å²) in [5.74, 6) is 1.03. The Bertz CT molecular complexity index is 637. The van der Waals surface area contributed by atoms with Crippen LogP contribution in [0.3, 0.4) is 0 Å². The highest BCUT2D eigenvalue weighted by Gasteiger charge is 2.46. The van der Waals surface area contributed by atoms with Crippen molar-refractivity contribution in [3.8, 4) is 0 Å². The first-order valence-corrected chi connectivity index (χ1v) is 9.10. The molecule has 5 nitrogen and oxygen atoms in total. The summed E-state index contributed by atoms with van der Waals surface area (Å²) in [6.07, 6.45) is 2.43. The largest absolute Gasteiger partial charge is 0.378 e. The molecule has 1 aliphatic carbocycles. The van der Waals surface area contributed by atoms with Crippen LogP contribution in [0.4, 0.5) is 11.4 Å². The number of ether oxygens (including phenoxy) is 1. The van der Waals surface area contributed by atoms with Gasteiger partial charge in [-0.3, -0.25) is 4.79 Å². The Morgan fingerprint density at radius 2 is 1.96 bits per heavy atom. The van der Waals surface area contributed by atoms with Crippen molar-refractivity contribution >= 4 is 17.3 Å². The molecule has 130 valence electrons. The molecule has 0 spiro atoms. The summed E-state index contributed by atoms with van der Waals surface area (Å²) in [7, 11) is 0. The predicted octanol–water partition coefficient (Wildman–Crippen LogP) is 2.30. The third kappa shape index (κ3) is 2.60. The molecule has 2 heterocycles. The van der Waals surface area contributed by atoms with Crippen LogP contribution in [0.5, 0.6) is 0 Å². The van der Waals surface area contributed by atoms with Crippen LogP contribution in [0.2, 0.25) is 0 Å². The number of amides is 1. The molecule has 4 rings (SSSR count). The number of nitrogens with zero attached hydrogens (tertiary/aromatic N) is 2. The average Bonchev–Trinajstić information content (AvgIpc) is 3.42. The molecule has 1 amide bonds. The Hall–Kier alpha value is -1.59. The maximum atomic E-state index is 12.4. The van der Waals surface area contributed by atoms with Crippen LogP contribution in [0.1, 0.15) is 38.3 Å². The van der Waals surface area contributed by atoms with Gasteiger partial charge < -0.3 is 20.3 Å². The van der Waals surface area contributed by atoms with Gasteiger partial charge in [0.05, 0.1) is 13.2 Å². The molecule has 24 heavy (non-hydrogen) atoms. The number of fused-ring (bicyclic) bond motifs is 1. The normalized spacial score (nSPS) is 30.2. The molecule has 1 saturated carbocycles. The Morgan fingerprint density at radius 3 is 2.58 bits per heavy atom. The molecule has 1 unspecified atom stereocenters. The average molecular weight is 329 g/mol. The first-order chi connectivity index (χ1) is 11.6. The summed E-state index contributed by atoms with van der Waals surface area (Å²) in [6.45, 7) is 7.23. The van der Waals surface area contributed by atoms with Crippen LogP contribution in [0.25, 0.3) is 0 Å². The lowest BCUT2D eigenvalue weighted by molar-refractivity contribution is -0.117. The number of nitrogens with two attached hydrogens (primary N) is 1. The van der Waals surface area contributed by atoms with Gasteiger partial charge in [-0.25, -0.2) is 0 Å². The number of hydrogen-bond donors (Lipinski definition) is 1. The van der Waals surface area contributed by atoms with Gasteiger partial charge >= 0.3 is 0 Å². The van der Waals surface area contributed by atoms with E-state index in [1.165, 1.54) is 18.5 Å². The fourth-order valence-electron chi connectivity index (χ4n) is 4.40. The number of anilines is 2. The predicted molar refractivity (Wildman–Crippen MR) is 95.2 cm³/mol. The van der Waals surface area contributed by atoms with E-state index in [0.29, 0.717) is 5.92 Å². The Labute approximate surface area is 143 Å². The molecule has 1 saturated heterocycles. The van der Waals surface area contributed by atoms with Gasteiger partial charge in [0.2, 0.25) is 5.91 Å². The summed E-state index contributed by atoms with van der Waals surface area (Å²) in [5.41, 5.74) is 9.94. The summed E-state index contributed by atoms with van der Waals surface area (Å²) >= 11 is 0. The van der Waals surface area contributed by atoms with Crippen LogP contribution < -0.4 is 15.5 Å². The number of carbonyl (C=O) groups is 1. The van der Waals surface area contributed by atoms with E-state index in [9.17, 15) is 4.79 Å². The molecule has 3 aliphatic rings. The quantitative estimate of drug-likeness (QED) is 0.904. The molecule has 1 aromatic rings. The molecule has 0 radical (unpaired) electrons. The smallest absolute Gasteiger partial charge is 0.224 e. The summed E-state index contributed by atoms with van der Waals surface area (Å²) < 4.78 is 5.45. The highest BCUT2D eigenvalue weighted by atomic mass is 16.5. The van der Waals surface area contributed by atoms with Gasteiger partial charge in [-0.2, -0.15) is 0 Å². The second kappa shape index (κ2) is 6.05. The highest BCUT2D eigenvalue weighted by Crippen LogP contribution is 2.49. The van der Waals surface area contributed by atoms with Gasteiger partial charge in [-0.1, -0.05) is 6.92 Å². The zero-order valence-corrected chi connectivity index (χ0v) is 14.6. The highest BCUT2D eigenvalue weighted by molar-refractivity contribution is 5.94. The second-order valence-corrected chi connectivity index (χ2v) is 7.44. The van der Waals surface area contributed by atoms with Crippen LogP contribution in [0.15, 0.2) is 18.2 Å². The molecule has 2 fully saturated rings. The van der Waals surface area contributed by atoms with E-state index in [-0.39, 0.29) is 23.9 Å². The SMILES string of the molecule is CC(=O)N1c2ccc(N3CCOCC3)cc2[C@H](N)[C@@H](C)C1C1CC1. The molecular weight excluding hydrogens is 302 g/mol. The van der Waals surface area contributed by atoms with E-state index >= 15 is 0 Å². The van der Waals surface area contributed by atoms with Crippen molar-refractivity contribution in [3.63, 3.8) is 0 Å². The minimum atomic E-state index is -0.0119.